The van der Waals surface area contributed by atoms with Crippen molar-refractivity contribution in [2.24, 2.45) is 5.92 Å². The Hall–Kier alpha value is -1.82. The average molecular weight is 737 g/mol. The fourth-order valence-corrected chi connectivity index (χ4v) is 5.23. The van der Waals surface area contributed by atoms with Gasteiger partial charge in [-0.1, -0.05) is 37.6 Å². The molecule has 10 heteroatoms. The number of carbonyl (C=O) groups excluding carboxylic acids is 1. The van der Waals surface area contributed by atoms with E-state index in [4.69, 9.17) is 0 Å². The Bertz CT molecular complexity index is 1260. The standard InChI is InChI=1S/C32H40F2IN3O2.2ClH/c1-21(2)8-9-38(4)20-25-10-22(3)11-26(12-25)32(40)37-30(16-24-13-27(33)17-28(34)14-24)31(39)19-36-18-23-6-5-7-29(35)15-23;;/h5-7,10-15,17,21,30-31,36,39H,8-9,16,18-20H2,1-4H3,(H,37,40);2*1H/t30-,31+;;/m0../s1. The maximum Gasteiger partial charge on any atom is 0.251 e. The predicted molar refractivity (Wildman–Crippen MR) is 180 cm³/mol. The first kappa shape index (κ1) is 38.2. The Balaban J connectivity index is 0.00000441. The first-order valence-corrected chi connectivity index (χ1v) is 14.7. The van der Waals surface area contributed by atoms with Crippen molar-refractivity contribution in [3.05, 3.63) is 104 Å². The molecule has 3 rings (SSSR count). The van der Waals surface area contributed by atoms with Crippen LogP contribution < -0.4 is 10.6 Å². The highest BCUT2D eigenvalue weighted by Crippen LogP contribution is 2.16. The smallest absolute Gasteiger partial charge is 0.251 e. The fourth-order valence-electron chi connectivity index (χ4n) is 4.63. The van der Waals surface area contributed by atoms with Crippen LogP contribution in [0.4, 0.5) is 8.78 Å². The number of amides is 1. The van der Waals surface area contributed by atoms with Crippen molar-refractivity contribution in [3.8, 4) is 0 Å². The van der Waals surface area contributed by atoms with Gasteiger partial charge in [-0.2, -0.15) is 0 Å². The van der Waals surface area contributed by atoms with Crippen LogP contribution in [-0.4, -0.2) is 48.2 Å². The summed E-state index contributed by atoms with van der Waals surface area (Å²) in [5.74, 6) is -1.12. The quantitative estimate of drug-likeness (QED) is 0.162. The van der Waals surface area contributed by atoms with Crippen molar-refractivity contribution in [3.63, 3.8) is 0 Å². The number of hydrogen-bond acceptors (Lipinski definition) is 4. The van der Waals surface area contributed by atoms with Gasteiger partial charge in [-0.3, -0.25) is 4.79 Å². The van der Waals surface area contributed by atoms with Crippen molar-refractivity contribution < 1.29 is 18.7 Å². The number of nitrogens with zero attached hydrogens (tertiary/aromatic N) is 1. The minimum atomic E-state index is -0.996. The molecule has 0 heterocycles. The van der Waals surface area contributed by atoms with Crippen LogP contribution in [0, 0.1) is 28.0 Å². The Morgan fingerprint density at radius 3 is 2.31 bits per heavy atom. The summed E-state index contributed by atoms with van der Waals surface area (Å²) in [6.45, 7) is 8.74. The molecule has 0 radical (unpaired) electrons. The second-order valence-electron chi connectivity index (χ2n) is 11.0. The number of benzene rings is 3. The van der Waals surface area contributed by atoms with Crippen LogP contribution in [0.2, 0.25) is 0 Å². The highest BCUT2D eigenvalue weighted by molar-refractivity contribution is 14.1. The lowest BCUT2D eigenvalue weighted by molar-refractivity contribution is 0.0829. The van der Waals surface area contributed by atoms with E-state index in [2.05, 4.69) is 65.1 Å². The highest BCUT2D eigenvalue weighted by Gasteiger charge is 2.23. The summed E-state index contributed by atoms with van der Waals surface area (Å²) in [5.41, 5.74) is 3.90. The molecular formula is C32H42Cl2F2IN3O2. The molecule has 232 valence electrons. The summed E-state index contributed by atoms with van der Waals surface area (Å²) in [5, 5.41) is 17.3. The van der Waals surface area contributed by atoms with Crippen LogP contribution in [0.5, 0.6) is 0 Å². The topological polar surface area (TPSA) is 64.6 Å². The molecule has 3 aromatic carbocycles. The van der Waals surface area contributed by atoms with Crippen molar-refractivity contribution in [2.75, 3.05) is 20.1 Å². The van der Waals surface area contributed by atoms with Gasteiger partial charge in [0.15, 0.2) is 0 Å². The third-order valence-electron chi connectivity index (χ3n) is 6.67. The zero-order valence-corrected chi connectivity index (χ0v) is 28.3. The molecule has 0 aliphatic heterocycles. The van der Waals surface area contributed by atoms with Gasteiger partial charge in [0.2, 0.25) is 0 Å². The SMILES string of the molecule is Cc1cc(CN(C)CCC(C)C)cc(C(=O)N[C@@H](Cc2cc(F)cc(F)c2)[C@H](O)CNCc2cccc(I)c2)c1.Cl.Cl. The molecule has 2 atom stereocenters. The van der Waals surface area contributed by atoms with Crippen LogP contribution in [0.15, 0.2) is 60.7 Å². The van der Waals surface area contributed by atoms with Crippen LogP contribution in [0.3, 0.4) is 0 Å². The number of aliphatic hydroxyl groups is 1. The Kier molecular flexibility index (Phi) is 17.1. The summed E-state index contributed by atoms with van der Waals surface area (Å²) in [6.07, 6.45) is 0.167. The molecule has 1 amide bonds. The van der Waals surface area contributed by atoms with E-state index < -0.39 is 23.8 Å². The van der Waals surface area contributed by atoms with Gasteiger partial charge in [0.25, 0.3) is 5.91 Å². The van der Waals surface area contributed by atoms with E-state index in [1.54, 1.807) is 0 Å². The van der Waals surface area contributed by atoms with E-state index in [0.717, 1.165) is 39.3 Å². The van der Waals surface area contributed by atoms with E-state index >= 15 is 0 Å². The Labute approximate surface area is 274 Å². The number of aryl methyl sites for hydroxylation is 1. The normalized spacial score (nSPS) is 12.4. The summed E-state index contributed by atoms with van der Waals surface area (Å²) in [7, 11) is 2.07. The summed E-state index contributed by atoms with van der Waals surface area (Å²) in [4.78, 5) is 15.7. The highest BCUT2D eigenvalue weighted by atomic mass is 127. The van der Waals surface area contributed by atoms with Crippen LogP contribution in [0.25, 0.3) is 0 Å². The van der Waals surface area contributed by atoms with Crippen LogP contribution in [-0.2, 0) is 19.5 Å². The minimum Gasteiger partial charge on any atom is -0.390 e. The average Bonchev–Trinajstić information content (AvgIpc) is 2.86. The second-order valence-corrected chi connectivity index (χ2v) is 12.3. The lowest BCUT2D eigenvalue weighted by Gasteiger charge is -2.25. The molecule has 0 saturated carbocycles. The van der Waals surface area contributed by atoms with Crippen molar-refractivity contribution >= 4 is 53.3 Å². The molecule has 3 N–H and O–H groups in total. The summed E-state index contributed by atoms with van der Waals surface area (Å²) < 4.78 is 28.9. The molecule has 0 unspecified atom stereocenters. The van der Waals surface area contributed by atoms with Gasteiger partial charge < -0.3 is 20.6 Å². The van der Waals surface area contributed by atoms with E-state index in [1.165, 1.54) is 12.1 Å². The van der Waals surface area contributed by atoms with Gasteiger partial charge in [0.05, 0.1) is 12.1 Å². The summed E-state index contributed by atoms with van der Waals surface area (Å²) in [6, 6.07) is 16.3. The summed E-state index contributed by atoms with van der Waals surface area (Å²) >= 11 is 2.25. The Morgan fingerprint density at radius 1 is 0.976 bits per heavy atom. The third-order valence-corrected chi connectivity index (χ3v) is 7.34. The van der Waals surface area contributed by atoms with Crippen molar-refractivity contribution in [1.82, 2.24) is 15.5 Å². The van der Waals surface area contributed by atoms with Crippen molar-refractivity contribution in [1.29, 1.82) is 0 Å². The first-order valence-electron chi connectivity index (χ1n) is 13.7. The molecule has 0 fully saturated rings. The zero-order chi connectivity index (χ0) is 29.2. The maximum atomic E-state index is 13.9. The minimum absolute atomic E-state index is 0. The fraction of sp³-hybridized carbons (Fsp3) is 0.406. The lowest BCUT2D eigenvalue weighted by Crippen LogP contribution is -2.48. The number of halogens is 5. The van der Waals surface area contributed by atoms with Gasteiger partial charge >= 0.3 is 0 Å². The first-order chi connectivity index (χ1) is 19.0. The monoisotopic (exact) mass is 735 g/mol. The Morgan fingerprint density at radius 2 is 1.67 bits per heavy atom. The van der Waals surface area contributed by atoms with Gasteiger partial charge in [-0.25, -0.2) is 8.78 Å². The molecule has 0 bridgehead atoms. The van der Waals surface area contributed by atoms with Crippen molar-refractivity contribution in [2.45, 2.75) is 58.8 Å². The number of aliphatic hydroxyl groups excluding tert-OH is 1. The zero-order valence-electron chi connectivity index (χ0n) is 24.5. The molecule has 0 aliphatic rings. The molecule has 42 heavy (non-hydrogen) atoms. The number of rotatable bonds is 14. The van der Waals surface area contributed by atoms with Gasteiger partial charge in [0.1, 0.15) is 11.6 Å². The van der Waals surface area contributed by atoms with Gasteiger partial charge in [-0.05, 0) is 115 Å². The molecule has 3 aromatic rings. The molecule has 5 nitrogen and oxygen atoms in total. The van der Waals surface area contributed by atoms with E-state index in [1.807, 2.05) is 43.3 Å². The van der Waals surface area contributed by atoms with E-state index in [9.17, 15) is 18.7 Å². The van der Waals surface area contributed by atoms with Crippen LogP contribution in [0.1, 0.15) is 52.9 Å². The third kappa shape index (κ3) is 13.2. The van der Waals surface area contributed by atoms with Gasteiger partial charge in [-0.15, -0.1) is 24.8 Å². The molecule has 0 saturated heterocycles. The van der Waals surface area contributed by atoms with E-state index in [-0.39, 0.29) is 43.7 Å². The van der Waals surface area contributed by atoms with E-state index in [0.29, 0.717) is 30.1 Å². The number of hydrogen-bond donors (Lipinski definition) is 3. The van der Waals surface area contributed by atoms with Gasteiger partial charge in [0, 0.05) is 34.8 Å². The van der Waals surface area contributed by atoms with Crippen LogP contribution >= 0.6 is 47.4 Å². The molecule has 0 aliphatic carbocycles. The number of nitrogens with one attached hydrogen (secondary N) is 2. The second kappa shape index (κ2) is 18.8. The molecule has 0 spiro atoms. The molecule has 0 aromatic heterocycles. The largest absolute Gasteiger partial charge is 0.390 e. The maximum absolute atomic E-state index is 13.9. The lowest BCUT2D eigenvalue weighted by atomic mass is 9.99. The number of carbonyl (C=O) groups is 1. The predicted octanol–water partition coefficient (Wildman–Crippen LogP) is 6.69. The molecular weight excluding hydrogens is 694 g/mol.